The van der Waals surface area contributed by atoms with E-state index < -0.39 is 71.1 Å². The largest absolute Gasteiger partial charge is 0.508 e. The number of nitrogens with zero attached hydrogens (tertiary/aromatic N) is 2. The van der Waals surface area contributed by atoms with E-state index in [0.29, 0.717) is 0 Å². The first-order valence-electron chi connectivity index (χ1n) is 13.4. The zero-order chi connectivity index (χ0) is 32.4. The van der Waals surface area contributed by atoms with Crippen LogP contribution in [0.1, 0.15) is 42.0 Å². The number of carbonyl (C=O) groups excluding carboxylic acids is 6. The highest BCUT2D eigenvalue weighted by molar-refractivity contribution is 6.13. The summed E-state index contributed by atoms with van der Waals surface area (Å²) in [6.45, 7) is 0.444. The fourth-order valence-corrected chi connectivity index (χ4v) is 4.95. The fraction of sp³-hybridized carbons (Fsp3) is 0.290. The molecule has 2 aromatic rings. The number of benzene rings is 2. The van der Waals surface area contributed by atoms with Crippen molar-refractivity contribution in [1.29, 1.82) is 0 Å². The third-order valence-corrected chi connectivity index (χ3v) is 7.69. The minimum absolute atomic E-state index is 0.102. The second kappa shape index (κ2) is 12.3. The molecule has 0 atom stereocenters. The highest BCUT2D eigenvalue weighted by Crippen LogP contribution is 2.47. The summed E-state index contributed by atoms with van der Waals surface area (Å²) >= 11 is 0. The maximum atomic E-state index is 14.8. The van der Waals surface area contributed by atoms with E-state index in [1.165, 1.54) is 0 Å². The van der Waals surface area contributed by atoms with Crippen LogP contribution in [0, 0.1) is 0 Å². The van der Waals surface area contributed by atoms with Gasteiger partial charge in [-0.3, -0.25) is 38.6 Å². The van der Waals surface area contributed by atoms with Crippen LogP contribution in [0.15, 0.2) is 60.7 Å². The van der Waals surface area contributed by atoms with Crippen LogP contribution in [0.4, 0.5) is 13.2 Å². The molecule has 0 fully saturated rings. The van der Waals surface area contributed by atoms with Crippen molar-refractivity contribution >= 4 is 35.2 Å². The summed E-state index contributed by atoms with van der Waals surface area (Å²) in [6.07, 6.45) is -2.17. The van der Waals surface area contributed by atoms with Gasteiger partial charge < -0.3 is 10.2 Å². The molecule has 44 heavy (non-hydrogen) atoms. The molecule has 230 valence electrons. The van der Waals surface area contributed by atoms with Crippen LogP contribution in [0.3, 0.4) is 0 Å². The third kappa shape index (κ3) is 6.46. The van der Waals surface area contributed by atoms with Gasteiger partial charge in [-0.05, 0) is 30.2 Å². The molecule has 0 aliphatic carbocycles. The van der Waals surface area contributed by atoms with Gasteiger partial charge in [-0.2, -0.15) is 13.2 Å². The van der Waals surface area contributed by atoms with Gasteiger partial charge in [-0.1, -0.05) is 24.3 Å². The number of hydrogen-bond donors (Lipinski definition) is 2. The number of halogens is 3. The predicted molar refractivity (Wildman–Crippen MR) is 147 cm³/mol. The van der Waals surface area contributed by atoms with Crippen molar-refractivity contribution in [2.45, 2.75) is 44.2 Å². The van der Waals surface area contributed by atoms with Crippen LogP contribution in [-0.4, -0.2) is 74.5 Å². The van der Waals surface area contributed by atoms with Crippen molar-refractivity contribution in [2.24, 2.45) is 0 Å². The van der Waals surface area contributed by atoms with E-state index in [9.17, 15) is 52.2 Å². The quantitative estimate of drug-likeness (QED) is 0.348. The molecule has 2 N–H and O–H groups in total. The maximum absolute atomic E-state index is 14.8. The number of amides is 4. The molecular weight excluding hydrogens is 585 g/mol. The second-order valence-electron chi connectivity index (χ2n) is 10.6. The molecule has 2 aliphatic rings. The molecule has 13 heteroatoms. The molecular formula is C31H27F3N2O8. The number of ketones is 2. The van der Waals surface area contributed by atoms with E-state index in [1.807, 2.05) is 0 Å². The van der Waals surface area contributed by atoms with Crippen LogP contribution in [0.5, 0.6) is 11.5 Å². The number of phenols is 2. The van der Waals surface area contributed by atoms with E-state index >= 15 is 0 Å². The summed E-state index contributed by atoms with van der Waals surface area (Å²) in [5.41, 5.74) is -3.59. The van der Waals surface area contributed by atoms with Crippen LogP contribution in [0.2, 0.25) is 0 Å². The minimum atomic E-state index is -4.92. The summed E-state index contributed by atoms with van der Waals surface area (Å²) in [7, 11) is 0. The molecule has 0 aromatic heterocycles. The number of hydrogen-bond acceptors (Lipinski definition) is 8. The first-order valence-corrected chi connectivity index (χ1v) is 13.4. The zero-order valence-corrected chi connectivity index (χ0v) is 23.4. The van der Waals surface area contributed by atoms with Gasteiger partial charge in [-0.25, -0.2) is 0 Å². The van der Waals surface area contributed by atoms with Crippen molar-refractivity contribution in [1.82, 2.24) is 9.80 Å². The van der Waals surface area contributed by atoms with Crippen molar-refractivity contribution in [2.75, 3.05) is 13.1 Å². The molecule has 0 radical (unpaired) electrons. The Morgan fingerprint density at radius 1 is 0.659 bits per heavy atom. The van der Waals surface area contributed by atoms with Gasteiger partial charge in [0.05, 0.1) is 0 Å². The standard InChI is InChI=1S/C31H27F3N2O8/c1-30(31(32,33)34,20-2-4-24(39)18(14-20)16-22(37)10-12-35-26(41)6-7-27(35)42)21-3-5-25(40)19(15-21)17-23(38)11-13-36-28(43)8-9-29(36)44/h2-9,14-15,39-40H,10-13,16-17H2,1H3. The number of carbonyl (C=O) groups is 6. The summed E-state index contributed by atoms with van der Waals surface area (Å²) in [4.78, 5) is 73.8. The van der Waals surface area contributed by atoms with Gasteiger partial charge in [-0.15, -0.1) is 0 Å². The highest BCUT2D eigenvalue weighted by Gasteiger charge is 2.53. The number of aromatic hydroxyl groups is 2. The summed E-state index contributed by atoms with van der Waals surface area (Å²) < 4.78 is 44.4. The van der Waals surface area contributed by atoms with Crippen LogP contribution in [-0.2, 0) is 47.0 Å². The monoisotopic (exact) mass is 612 g/mol. The molecule has 2 aliphatic heterocycles. The summed E-state index contributed by atoms with van der Waals surface area (Å²) in [5.74, 6) is -4.26. The number of phenolic OH excluding ortho intramolecular Hbond substituents is 2. The highest BCUT2D eigenvalue weighted by atomic mass is 19.4. The van der Waals surface area contributed by atoms with Crippen LogP contribution in [0.25, 0.3) is 0 Å². The van der Waals surface area contributed by atoms with E-state index in [4.69, 9.17) is 0 Å². The molecule has 4 amide bonds. The number of Topliss-reactive ketones (excluding diaryl/α,β-unsaturated/α-hetero) is 2. The molecule has 0 saturated heterocycles. The first kappa shape index (κ1) is 31.9. The zero-order valence-electron chi connectivity index (χ0n) is 23.4. The van der Waals surface area contributed by atoms with E-state index in [-0.39, 0.29) is 48.2 Å². The predicted octanol–water partition coefficient (Wildman–Crippen LogP) is 2.82. The Kier molecular flexibility index (Phi) is 8.88. The Balaban J connectivity index is 1.55. The van der Waals surface area contributed by atoms with E-state index in [0.717, 1.165) is 77.4 Å². The number of imide groups is 2. The lowest BCUT2D eigenvalue weighted by atomic mass is 9.74. The Morgan fingerprint density at radius 3 is 1.32 bits per heavy atom. The third-order valence-electron chi connectivity index (χ3n) is 7.69. The summed E-state index contributed by atoms with van der Waals surface area (Å²) in [5, 5.41) is 20.7. The van der Waals surface area contributed by atoms with Gasteiger partial charge in [0.2, 0.25) is 0 Å². The lowest BCUT2D eigenvalue weighted by Crippen LogP contribution is -2.40. The molecule has 2 aromatic carbocycles. The van der Waals surface area contributed by atoms with E-state index in [2.05, 4.69) is 0 Å². The van der Waals surface area contributed by atoms with Gasteiger partial charge in [0.25, 0.3) is 23.6 Å². The second-order valence-corrected chi connectivity index (χ2v) is 10.6. The molecule has 0 spiro atoms. The average molecular weight is 613 g/mol. The number of rotatable bonds is 12. The van der Waals surface area contributed by atoms with Crippen molar-refractivity contribution < 1.29 is 52.2 Å². The maximum Gasteiger partial charge on any atom is 0.402 e. The Bertz CT molecular complexity index is 1480. The van der Waals surface area contributed by atoms with Crippen LogP contribution >= 0.6 is 0 Å². The Labute approximate surface area is 249 Å². The molecule has 10 nitrogen and oxygen atoms in total. The van der Waals surface area contributed by atoms with Crippen LogP contribution < -0.4 is 0 Å². The smallest absolute Gasteiger partial charge is 0.402 e. The van der Waals surface area contributed by atoms with E-state index in [1.54, 1.807) is 0 Å². The van der Waals surface area contributed by atoms with Gasteiger partial charge in [0.15, 0.2) is 0 Å². The van der Waals surface area contributed by atoms with Crippen molar-refractivity contribution in [3.63, 3.8) is 0 Å². The SMILES string of the molecule is CC(c1ccc(O)c(CC(=O)CCN2C(=O)C=CC2=O)c1)(c1ccc(O)c(CC(=O)CCN2C(=O)C=CC2=O)c1)C(F)(F)F. The average Bonchev–Trinajstić information content (AvgIpc) is 3.45. The lowest BCUT2D eigenvalue weighted by Gasteiger charge is -2.34. The number of alkyl halides is 3. The Morgan fingerprint density at radius 2 is 1.00 bits per heavy atom. The van der Waals surface area contributed by atoms with Gasteiger partial charge in [0, 0.05) is 74.2 Å². The topological polar surface area (TPSA) is 149 Å². The molecule has 0 unspecified atom stereocenters. The molecule has 0 saturated carbocycles. The van der Waals surface area contributed by atoms with Crippen molar-refractivity contribution in [3.05, 3.63) is 83.0 Å². The fourth-order valence-electron chi connectivity index (χ4n) is 4.95. The lowest BCUT2D eigenvalue weighted by molar-refractivity contribution is -0.173. The molecule has 2 heterocycles. The van der Waals surface area contributed by atoms with Gasteiger partial charge >= 0.3 is 6.18 Å². The van der Waals surface area contributed by atoms with Crippen molar-refractivity contribution in [3.8, 4) is 11.5 Å². The Hall–Kier alpha value is -5.07. The van der Waals surface area contributed by atoms with Gasteiger partial charge in [0.1, 0.15) is 28.5 Å². The summed E-state index contributed by atoms with van der Waals surface area (Å²) in [6, 6.07) is 6.26. The first-order chi connectivity index (χ1) is 20.6. The molecule has 4 rings (SSSR count). The minimum Gasteiger partial charge on any atom is -0.508 e. The molecule has 0 bridgehead atoms. The normalized spacial score (nSPS) is 15.2.